The molecule has 6 rings (SSSR count). The normalized spacial score (nSPS) is 13.4. The van der Waals surface area contributed by atoms with Crippen LogP contribution in [0.15, 0.2) is 48.9 Å². The Morgan fingerprint density at radius 3 is 2.67 bits per heavy atom. The number of alkyl halides is 3. The third-order valence-corrected chi connectivity index (χ3v) is 6.88. The number of imidazole rings is 1. The molecule has 5 aromatic rings. The Bertz CT molecular complexity index is 1760. The minimum atomic E-state index is -4.48. The summed E-state index contributed by atoms with van der Waals surface area (Å²) in [6.45, 7) is 2.71. The van der Waals surface area contributed by atoms with Gasteiger partial charge >= 0.3 is 6.18 Å². The highest BCUT2D eigenvalue weighted by Crippen LogP contribution is 2.33. The van der Waals surface area contributed by atoms with Gasteiger partial charge in [-0.1, -0.05) is 6.92 Å². The molecule has 2 N–H and O–H groups in total. The van der Waals surface area contributed by atoms with Crippen LogP contribution in [0.1, 0.15) is 45.4 Å². The Kier molecular flexibility index (Phi) is 5.79. The van der Waals surface area contributed by atoms with E-state index in [-0.39, 0.29) is 12.5 Å². The lowest BCUT2D eigenvalue weighted by atomic mass is 10.0. The molecule has 5 heterocycles. The summed E-state index contributed by atoms with van der Waals surface area (Å²) in [6, 6.07) is 7.52. The number of ether oxygens (including phenoxy) is 1. The summed E-state index contributed by atoms with van der Waals surface area (Å²) < 4.78 is 48.2. The zero-order valence-corrected chi connectivity index (χ0v) is 21.2. The van der Waals surface area contributed by atoms with E-state index >= 15 is 0 Å². The van der Waals surface area contributed by atoms with Gasteiger partial charge in [0.25, 0.3) is 5.91 Å². The van der Waals surface area contributed by atoms with Crippen molar-refractivity contribution < 1.29 is 22.7 Å². The highest BCUT2D eigenvalue weighted by molar-refractivity contribution is 6.08. The van der Waals surface area contributed by atoms with Crippen LogP contribution in [-0.2, 0) is 44.1 Å². The Balaban J connectivity index is 1.43. The molecule has 0 fully saturated rings. The van der Waals surface area contributed by atoms with Gasteiger partial charge in [0, 0.05) is 42.2 Å². The summed E-state index contributed by atoms with van der Waals surface area (Å²) in [6.07, 6.45) is 0.344. The van der Waals surface area contributed by atoms with Crippen LogP contribution in [0, 0.1) is 0 Å². The van der Waals surface area contributed by atoms with E-state index in [0.717, 1.165) is 28.8 Å². The molecule has 0 aliphatic carbocycles. The molecule has 0 bridgehead atoms. The van der Waals surface area contributed by atoms with Crippen molar-refractivity contribution in [2.45, 2.75) is 39.3 Å². The lowest BCUT2D eigenvalue weighted by molar-refractivity contribution is -0.137. The van der Waals surface area contributed by atoms with Gasteiger partial charge in [-0.15, -0.1) is 0 Å². The van der Waals surface area contributed by atoms with Gasteiger partial charge in [-0.05, 0) is 42.3 Å². The summed E-state index contributed by atoms with van der Waals surface area (Å²) >= 11 is 0. The molecule has 0 spiro atoms. The Labute approximate surface area is 220 Å². The van der Waals surface area contributed by atoms with Crippen LogP contribution in [0.4, 0.5) is 24.7 Å². The van der Waals surface area contributed by atoms with Crippen LogP contribution in [0.2, 0.25) is 0 Å². The number of aromatic nitrogens is 5. The van der Waals surface area contributed by atoms with Gasteiger partial charge in [0.05, 0.1) is 47.9 Å². The van der Waals surface area contributed by atoms with E-state index in [1.165, 1.54) is 16.7 Å². The van der Waals surface area contributed by atoms with E-state index in [4.69, 9.17) is 10.5 Å². The molecule has 0 radical (unpaired) electrons. The number of anilines is 2. The standard InChI is InChI=1S/C27H24F3N7O2/c1-3-21-23(12-35(2)34-21)37(11-17-10-36-9-16(27(28,29)30)5-7-24(36)32-17)26(38)15-4-6-22-18(8-15)19-13-39-14-20(19)25(31)33-22/h4-10,12H,3,11,13-14H2,1-2H3,(H2,31,33). The van der Waals surface area contributed by atoms with E-state index < -0.39 is 11.7 Å². The zero-order valence-electron chi connectivity index (χ0n) is 21.2. The number of amides is 1. The number of halogens is 3. The number of nitrogens with two attached hydrogens (primary N) is 1. The van der Waals surface area contributed by atoms with Crippen molar-refractivity contribution in [2.75, 3.05) is 10.6 Å². The van der Waals surface area contributed by atoms with Crippen molar-refractivity contribution in [3.05, 3.63) is 82.6 Å². The van der Waals surface area contributed by atoms with E-state index in [2.05, 4.69) is 15.1 Å². The lowest BCUT2D eigenvalue weighted by Gasteiger charge is -2.22. The molecule has 1 aliphatic heterocycles. The number of nitrogen functional groups attached to an aromatic ring is 1. The summed E-state index contributed by atoms with van der Waals surface area (Å²) in [5.74, 6) is 0.108. The van der Waals surface area contributed by atoms with Crippen molar-refractivity contribution in [3.8, 4) is 0 Å². The first kappa shape index (κ1) is 24.9. The smallest absolute Gasteiger partial charge is 0.383 e. The number of hydrogen-bond acceptors (Lipinski definition) is 6. The van der Waals surface area contributed by atoms with Crippen LogP contribution in [0.5, 0.6) is 0 Å². The van der Waals surface area contributed by atoms with Crippen LogP contribution >= 0.6 is 0 Å². The molecule has 0 unspecified atom stereocenters. The number of pyridine rings is 2. The molecule has 1 amide bonds. The van der Waals surface area contributed by atoms with Gasteiger partial charge in [-0.3, -0.25) is 14.4 Å². The fraction of sp³-hybridized carbons (Fsp3) is 0.259. The van der Waals surface area contributed by atoms with Crippen molar-refractivity contribution >= 4 is 34.0 Å². The zero-order chi connectivity index (χ0) is 27.5. The molecule has 12 heteroatoms. The third-order valence-electron chi connectivity index (χ3n) is 6.88. The first-order chi connectivity index (χ1) is 18.6. The minimum Gasteiger partial charge on any atom is -0.383 e. The summed E-state index contributed by atoms with van der Waals surface area (Å²) in [4.78, 5) is 24.6. The Morgan fingerprint density at radius 2 is 1.90 bits per heavy atom. The molecular formula is C27H24F3N7O2. The molecule has 4 aromatic heterocycles. The highest BCUT2D eigenvalue weighted by Gasteiger charge is 2.31. The fourth-order valence-electron chi connectivity index (χ4n) is 4.98. The van der Waals surface area contributed by atoms with E-state index in [1.807, 2.05) is 6.92 Å². The highest BCUT2D eigenvalue weighted by atomic mass is 19.4. The van der Waals surface area contributed by atoms with E-state index in [9.17, 15) is 18.0 Å². The molecular weight excluding hydrogens is 511 g/mol. The first-order valence-corrected chi connectivity index (χ1v) is 12.3. The molecule has 200 valence electrons. The molecule has 1 aromatic carbocycles. The lowest BCUT2D eigenvalue weighted by Crippen LogP contribution is -2.31. The molecule has 9 nitrogen and oxygen atoms in total. The number of benzene rings is 1. The molecule has 39 heavy (non-hydrogen) atoms. The Hall–Kier alpha value is -4.45. The molecule has 1 aliphatic rings. The number of aryl methyl sites for hydroxylation is 2. The van der Waals surface area contributed by atoms with Crippen molar-refractivity contribution in [1.82, 2.24) is 24.1 Å². The summed E-state index contributed by atoms with van der Waals surface area (Å²) in [5.41, 5.74) is 10.2. The maximum Gasteiger partial charge on any atom is 0.417 e. The SMILES string of the molecule is CCc1nn(C)cc1N(Cc1cn2cc(C(F)(F)F)ccc2n1)C(=O)c1ccc2nc(N)c3c(c2c1)COC3. The number of hydrogen-bond donors (Lipinski definition) is 1. The number of fused-ring (bicyclic) bond motifs is 4. The van der Waals surface area contributed by atoms with Crippen LogP contribution in [-0.4, -0.2) is 30.1 Å². The molecule has 0 saturated carbocycles. The number of nitrogens with zero attached hydrogens (tertiary/aromatic N) is 6. The van der Waals surface area contributed by atoms with Gasteiger partial charge in [0.1, 0.15) is 11.5 Å². The second kappa shape index (κ2) is 9.09. The maximum absolute atomic E-state index is 14.1. The van der Waals surface area contributed by atoms with Gasteiger partial charge in [-0.2, -0.15) is 18.3 Å². The topological polar surface area (TPSA) is 104 Å². The van der Waals surface area contributed by atoms with Gasteiger partial charge in [0.15, 0.2) is 0 Å². The van der Waals surface area contributed by atoms with Gasteiger partial charge in [-0.25, -0.2) is 9.97 Å². The predicted octanol–water partition coefficient (Wildman–Crippen LogP) is 4.66. The first-order valence-electron chi connectivity index (χ1n) is 12.3. The van der Waals surface area contributed by atoms with Gasteiger partial charge in [0.2, 0.25) is 0 Å². The second-order valence-electron chi connectivity index (χ2n) is 9.47. The largest absolute Gasteiger partial charge is 0.417 e. The second-order valence-corrected chi connectivity index (χ2v) is 9.47. The third kappa shape index (κ3) is 4.36. The fourth-order valence-corrected chi connectivity index (χ4v) is 4.98. The van der Waals surface area contributed by atoms with Crippen molar-refractivity contribution in [2.24, 2.45) is 7.05 Å². The van der Waals surface area contributed by atoms with Crippen molar-refractivity contribution in [1.29, 1.82) is 0 Å². The summed E-state index contributed by atoms with van der Waals surface area (Å²) in [7, 11) is 1.77. The van der Waals surface area contributed by atoms with Crippen molar-refractivity contribution in [3.63, 3.8) is 0 Å². The predicted molar refractivity (Wildman–Crippen MR) is 138 cm³/mol. The monoisotopic (exact) mass is 535 g/mol. The van der Waals surface area contributed by atoms with Gasteiger partial charge < -0.3 is 14.9 Å². The summed E-state index contributed by atoms with van der Waals surface area (Å²) in [5, 5.41) is 5.28. The average Bonchev–Trinajstić information content (AvgIpc) is 3.63. The number of carbonyl (C=O) groups is 1. The maximum atomic E-state index is 14.1. The average molecular weight is 536 g/mol. The Morgan fingerprint density at radius 1 is 1.10 bits per heavy atom. The number of rotatable bonds is 5. The van der Waals surface area contributed by atoms with Crippen LogP contribution in [0.3, 0.4) is 0 Å². The van der Waals surface area contributed by atoms with E-state index in [0.29, 0.717) is 59.3 Å². The van der Waals surface area contributed by atoms with Crippen LogP contribution in [0.25, 0.3) is 16.6 Å². The minimum absolute atomic E-state index is 0.0276. The van der Waals surface area contributed by atoms with E-state index in [1.54, 1.807) is 41.0 Å². The number of carbonyl (C=O) groups excluding carboxylic acids is 1. The quantitative estimate of drug-likeness (QED) is 0.351. The van der Waals surface area contributed by atoms with Crippen LogP contribution < -0.4 is 10.6 Å². The molecule has 0 saturated heterocycles. The molecule has 0 atom stereocenters.